The first-order chi connectivity index (χ1) is 16.6. The van der Waals surface area contributed by atoms with E-state index in [2.05, 4.69) is 4.98 Å². The number of hydrogen-bond acceptors (Lipinski definition) is 4. The predicted molar refractivity (Wildman–Crippen MR) is 134 cm³/mol. The second-order valence-electron chi connectivity index (χ2n) is 11.4. The standard InChI is InChI=1S/C27H32F5NO3S/c1-13(2)9-17-18(23(34)35)20(22(28)29)33-21(27(30,31)32)19(17)24(36)37-16-11-14(25(3,4)5)10-15(12-16)26(6,7)8/h10-13,22H,9H2,1-8H3,(H,34,35). The number of aromatic nitrogens is 1. The Hall–Kier alpha value is -2.49. The molecule has 0 bridgehead atoms. The van der Waals surface area contributed by atoms with E-state index in [1.807, 2.05) is 47.6 Å². The normalized spacial score (nSPS) is 12.9. The number of carbonyl (C=O) groups is 2. The molecule has 1 N–H and O–H groups in total. The number of nitrogens with zero attached hydrogens (tertiary/aromatic N) is 1. The maximum Gasteiger partial charge on any atom is 0.434 e. The van der Waals surface area contributed by atoms with E-state index in [0.717, 1.165) is 11.1 Å². The number of carbonyl (C=O) groups excluding carboxylic acids is 1. The number of hydrogen-bond donors (Lipinski definition) is 1. The van der Waals surface area contributed by atoms with Crippen molar-refractivity contribution in [2.24, 2.45) is 5.92 Å². The summed E-state index contributed by atoms with van der Waals surface area (Å²) in [6.45, 7) is 14.9. The number of thioether (sulfide) groups is 1. The second kappa shape index (κ2) is 10.7. The van der Waals surface area contributed by atoms with E-state index in [1.165, 1.54) is 0 Å². The van der Waals surface area contributed by atoms with Gasteiger partial charge in [-0.05, 0) is 63.8 Å². The fourth-order valence-corrected chi connectivity index (χ4v) is 4.68. The molecule has 0 saturated heterocycles. The van der Waals surface area contributed by atoms with E-state index >= 15 is 0 Å². The van der Waals surface area contributed by atoms with Gasteiger partial charge in [0.15, 0.2) is 5.69 Å². The van der Waals surface area contributed by atoms with E-state index in [9.17, 15) is 36.6 Å². The summed E-state index contributed by atoms with van der Waals surface area (Å²) in [5.41, 5.74) is -4.90. The molecule has 0 amide bonds. The molecular weight excluding hydrogens is 513 g/mol. The summed E-state index contributed by atoms with van der Waals surface area (Å²) < 4.78 is 69.6. The van der Waals surface area contributed by atoms with Crippen LogP contribution in [-0.2, 0) is 23.4 Å². The van der Waals surface area contributed by atoms with Crippen LogP contribution in [0.5, 0.6) is 0 Å². The average Bonchev–Trinajstić information content (AvgIpc) is 2.69. The van der Waals surface area contributed by atoms with E-state index in [-0.39, 0.29) is 17.3 Å². The summed E-state index contributed by atoms with van der Waals surface area (Å²) in [5, 5.41) is 8.57. The number of carboxylic acids is 1. The molecule has 0 spiro atoms. The Balaban J connectivity index is 2.88. The van der Waals surface area contributed by atoms with Crippen LogP contribution >= 0.6 is 11.8 Å². The summed E-state index contributed by atoms with van der Waals surface area (Å²) in [7, 11) is 0. The fraction of sp³-hybridized carbons (Fsp3) is 0.519. The highest BCUT2D eigenvalue weighted by molar-refractivity contribution is 8.14. The van der Waals surface area contributed by atoms with Gasteiger partial charge in [-0.2, -0.15) is 13.2 Å². The van der Waals surface area contributed by atoms with Crippen molar-refractivity contribution in [3.8, 4) is 0 Å². The van der Waals surface area contributed by atoms with Gasteiger partial charge in [0, 0.05) is 4.90 Å². The highest BCUT2D eigenvalue weighted by Crippen LogP contribution is 2.41. The van der Waals surface area contributed by atoms with Crippen molar-refractivity contribution in [2.75, 3.05) is 0 Å². The van der Waals surface area contributed by atoms with Gasteiger partial charge >= 0.3 is 12.1 Å². The fourth-order valence-electron chi connectivity index (χ4n) is 3.77. The molecule has 0 atom stereocenters. The lowest BCUT2D eigenvalue weighted by Crippen LogP contribution is -2.23. The molecule has 4 nitrogen and oxygen atoms in total. The quantitative estimate of drug-likeness (QED) is 0.291. The van der Waals surface area contributed by atoms with Crippen molar-refractivity contribution in [2.45, 2.75) is 90.1 Å². The molecule has 0 saturated carbocycles. The van der Waals surface area contributed by atoms with Crippen LogP contribution in [0.25, 0.3) is 0 Å². The van der Waals surface area contributed by atoms with E-state index in [4.69, 9.17) is 0 Å². The number of aromatic carboxylic acids is 1. The Labute approximate surface area is 218 Å². The third kappa shape index (κ3) is 7.30. The Morgan fingerprint density at radius 1 is 0.919 bits per heavy atom. The van der Waals surface area contributed by atoms with Gasteiger partial charge in [-0.1, -0.05) is 61.5 Å². The zero-order valence-corrected chi connectivity index (χ0v) is 22.9. The van der Waals surface area contributed by atoms with Gasteiger partial charge in [-0.25, -0.2) is 18.6 Å². The summed E-state index contributed by atoms with van der Waals surface area (Å²) in [6.07, 6.45) is -9.17. The lowest BCUT2D eigenvalue weighted by atomic mass is 9.81. The molecule has 0 unspecified atom stereocenters. The maximum atomic E-state index is 14.1. The molecule has 10 heteroatoms. The van der Waals surface area contributed by atoms with Crippen LogP contribution in [0.2, 0.25) is 0 Å². The lowest BCUT2D eigenvalue weighted by molar-refractivity contribution is -0.141. The molecule has 204 valence electrons. The van der Waals surface area contributed by atoms with Crippen LogP contribution in [0.4, 0.5) is 22.0 Å². The molecule has 0 aliphatic rings. The molecule has 37 heavy (non-hydrogen) atoms. The topological polar surface area (TPSA) is 67.3 Å². The van der Waals surface area contributed by atoms with E-state index in [0.29, 0.717) is 16.7 Å². The highest BCUT2D eigenvalue weighted by atomic mass is 32.2. The molecule has 1 aromatic carbocycles. The zero-order chi connectivity index (χ0) is 28.7. The van der Waals surface area contributed by atoms with Crippen LogP contribution < -0.4 is 0 Å². The van der Waals surface area contributed by atoms with Gasteiger partial charge in [0.2, 0.25) is 5.12 Å². The summed E-state index contributed by atoms with van der Waals surface area (Å²) >= 11 is 0.504. The zero-order valence-electron chi connectivity index (χ0n) is 22.1. The van der Waals surface area contributed by atoms with Gasteiger partial charge in [0.1, 0.15) is 5.69 Å². The van der Waals surface area contributed by atoms with Crippen molar-refractivity contribution in [1.82, 2.24) is 4.98 Å². The van der Waals surface area contributed by atoms with Crippen molar-refractivity contribution < 1.29 is 36.6 Å². The minimum atomic E-state index is -5.26. The van der Waals surface area contributed by atoms with Gasteiger partial charge in [-0.15, -0.1) is 0 Å². The minimum absolute atomic E-state index is 0.330. The van der Waals surface area contributed by atoms with Crippen molar-refractivity contribution in [1.29, 1.82) is 0 Å². The van der Waals surface area contributed by atoms with Crippen LogP contribution in [0.15, 0.2) is 23.1 Å². The Bertz CT molecular complexity index is 1160. The van der Waals surface area contributed by atoms with Gasteiger partial charge in [0.05, 0.1) is 11.1 Å². The third-order valence-electron chi connectivity index (χ3n) is 5.68. The lowest BCUT2D eigenvalue weighted by Gasteiger charge is -2.26. The minimum Gasteiger partial charge on any atom is -0.478 e. The van der Waals surface area contributed by atoms with Gasteiger partial charge < -0.3 is 5.11 Å². The number of halogens is 5. The monoisotopic (exact) mass is 545 g/mol. The van der Waals surface area contributed by atoms with Gasteiger partial charge in [0.25, 0.3) is 6.43 Å². The molecule has 0 fully saturated rings. The van der Waals surface area contributed by atoms with Gasteiger partial charge in [-0.3, -0.25) is 4.79 Å². The Morgan fingerprint density at radius 3 is 1.76 bits per heavy atom. The van der Waals surface area contributed by atoms with Crippen molar-refractivity contribution in [3.05, 3.63) is 57.4 Å². The number of carboxylic acid groups (broad SMARTS) is 1. The number of benzene rings is 1. The van der Waals surface area contributed by atoms with E-state index in [1.54, 1.807) is 26.0 Å². The van der Waals surface area contributed by atoms with Crippen molar-refractivity contribution >= 4 is 22.8 Å². The molecule has 0 aliphatic carbocycles. The van der Waals surface area contributed by atoms with Crippen LogP contribution in [0.3, 0.4) is 0 Å². The molecule has 2 aromatic rings. The summed E-state index contributed by atoms with van der Waals surface area (Å²) in [6, 6.07) is 5.37. The number of pyridine rings is 1. The molecular formula is C27H32F5NO3S. The first-order valence-corrected chi connectivity index (χ1v) is 12.5. The Kier molecular flexibility index (Phi) is 8.89. The third-order valence-corrected chi connectivity index (χ3v) is 6.54. The largest absolute Gasteiger partial charge is 0.478 e. The first-order valence-electron chi connectivity index (χ1n) is 11.7. The first kappa shape index (κ1) is 30.7. The average molecular weight is 546 g/mol. The maximum absolute atomic E-state index is 14.1. The summed E-state index contributed by atoms with van der Waals surface area (Å²) in [5.74, 6) is -2.30. The van der Waals surface area contributed by atoms with Crippen LogP contribution in [0, 0.1) is 5.92 Å². The molecule has 0 aliphatic heterocycles. The SMILES string of the molecule is CC(C)Cc1c(C(=O)O)c(C(F)F)nc(C(F)(F)F)c1C(=O)Sc1cc(C(C)(C)C)cc(C(C)(C)C)c1. The van der Waals surface area contributed by atoms with Crippen LogP contribution in [-0.4, -0.2) is 21.2 Å². The smallest absolute Gasteiger partial charge is 0.434 e. The summed E-state index contributed by atoms with van der Waals surface area (Å²) in [4.78, 5) is 28.8. The number of rotatable bonds is 6. The predicted octanol–water partition coefficient (Wildman–Crippen LogP) is 8.46. The highest BCUT2D eigenvalue weighted by Gasteiger charge is 2.42. The Morgan fingerprint density at radius 2 is 1.41 bits per heavy atom. The van der Waals surface area contributed by atoms with Crippen molar-refractivity contribution in [3.63, 3.8) is 0 Å². The molecule has 0 radical (unpaired) electrons. The molecule has 1 heterocycles. The second-order valence-corrected chi connectivity index (χ2v) is 12.5. The molecule has 1 aromatic heterocycles. The molecule has 2 rings (SSSR count). The number of alkyl halides is 5. The van der Waals surface area contributed by atoms with E-state index < -0.39 is 57.7 Å². The van der Waals surface area contributed by atoms with Crippen LogP contribution in [0.1, 0.15) is 111 Å².